The SMILES string of the molecule is COc1ccc(-n2nnnc2C(F)(F)F)cc1CNC1CCC(CN2CCC[C@H]2C(N)=O)C1c1ccc(F)cc1. The first-order valence-electron chi connectivity index (χ1n) is 13.2. The molecule has 40 heavy (non-hydrogen) atoms. The number of benzene rings is 2. The molecule has 1 aromatic heterocycles. The lowest BCUT2D eigenvalue weighted by Gasteiger charge is -2.31. The van der Waals surface area contributed by atoms with Gasteiger partial charge in [-0.05, 0) is 84.5 Å². The Labute approximate surface area is 228 Å². The minimum Gasteiger partial charge on any atom is -0.496 e. The molecule has 2 aromatic carbocycles. The monoisotopic (exact) mass is 561 g/mol. The van der Waals surface area contributed by atoms with Crippen molar-refractivity contribution >= 4 is 5.91 Å². The quantitative estimate of drug-likeness (QED) is 0.385. The van der Waals surface area contributed by atoms with E-state index < -0.39 is 12.0 Å². The molecule has 5 rings (SSSR count). The summed E-state index contributed by atoms with van der Waals surface area (Å²) in [6.45, 7) is 1.81. The van der Waals surface area contributed by atoms with Crippen molar-refractivity contribution in [3.63, 3.8) is 0 Å². The number of nitrogens with zero attached hydrogens (tertiary/aromatic N) is 5. The minimum absolute atomic E-state index is 0.00257. The van der Waals surface area contributed by atoms with Gasteiger partial charge in [0.2, 0.25) is 5.91 Å². The highest BCUT2D eigenvalue weighted by molar-refractivity contribution is 5.80. The van der Waals surface area contributed by atoms with E-state index in [0.29, 0.717) is 29.1 Å². The Kier molecular flexibility index (Phi) is 8.04. The van der Waals surface area contributed by atoms with Gasteiger partial charge in [-0.2, -0.15) is 17.9 Å². The molecule has 1 saturated carbocycles. The zero-order valence-electron chi connectivity index (χ0n) is 21.9. The summed E-state index contributed by atoms with van der Waals surface area (Å²) in [7, 11) is 1.49. The molecular formula is C27H31F4N7O2. The van der Waals surface area contributed by atoms with Gasteiger partial charge < -0.3 is 15.8 Å². The first-order valence-corrected chi connectivity index (χ1v) is 13.2. The third kappa shape index (κ3) is 5.80. The second kappa shape index (κ2) is 11.5. The summed E-state index contributed by atoms with van der Waals surface area (Å²) in [5, 5.41) is 13.4. The fourth-order valence-corrected chi connectivity index (χ4v) is 6.19. The van der Waals surface area contributed by atoms with E-state index in [2.05, 4.69) is 25.7 Å². The van der Waals surface area contributed by atoms with Crippen LogP contribution in [0.3, 0.4) is 0 Å². The molecule has 13 heteroatoms. The van der Waals surface area contributed by atoms with Crippen molar-refractivity contribution in [2.45, 2.75) is 56.4 Å². The van der Waals surface area contributed by atoms with Crippen LogP contribution in [0.4, 0.5) is 17.6 Å². The average molecular weight is 562 g/mol. The first kappa shape index (κ1) is 28.0. The Hall–Kier alpha value is -3.58. The Bertz CT molecular complexity index is 1330. The van der Waals surface area contributed by atoms with E-state index in [1.54, 1.807) is 24.3 Å². The lowest BCUT2D eigenvalue weighted by atomic mass is 9.86. The van der Waals surface area contributed by atoms with Crippen LogP contribution in [-0.2, 0) is 17.5 Å². The number of primary amides is 1. The number of likely N-dealkylation sites (tertiary alicyclic amines) is 1. The average Bonchev–Trinajstić information content (AvgIpc) is 3.68. The van der Waals surface area contributed by atoms with Gasteiger partial charge >= 0.3 is 6.18 Å². The van der Waals surface area contributed by atoms with Crippen molar-refractivity contribution in [1.82, 2.24) is 30.4 Å². The number of tetrazole rings is 1. The van der Waals surface area contributed by atoms with Crippen LogP contribution in [0.1, 0.15) is 48.6 Å². The minimum atomic E-state index is -4.72. The zero-order chi connectivity index (χ0) is 28.4. The predicted octanol–water partition coefficient (Wildman–Crippen LogP) is 3.43. The highest BCUT2D eigenvalue weighted by atomic mass is 19.4. The number of hydrogen-bond acceptors (Lipinski definition) is 7. The number of halogens is 4. The number of ether oxygens (including phenoxy) is 1. The largest absolute Gasteiger partial charge is 0.496 e. The fourth-order valence-electron chi connectivity index (χ4n) is 6.19. The molecule has 1 aliphatic heterocycles. The van der Waals surface area contributed by atoms with E-state index >= 15 is 0 Å². The normalized spacial score (nSPS) is 23.5. The highest BCUT2D eigenvalue weighted by Crippen LogP contribution is 2.42. The molecule has 1 aliphatic carbocycles. The van der Waals surface area contributed by atoms with E-state index in [0.717, 1.165) is 37.8 Å². The number of alkyl halides is 3. The van der Waals surface area contributed by atoms with Crippen LogP contribution in [0.25, 0.3) is 5.69 Å². The van der Waals surface area contributed by atoms with Crippen LogP contribution in [0.2, 0.25) is 0 Å². The second-order valence-corrected chi connectivity index (χ2v) is 10.4. The summed E-state index contributed by atoms with van der Waals surface area (Å²) in [5.74, 6) is -1.12. The van der Waals surface area contributed by atoms with Crippen molar-refractivity contribution in [2.75, 3.05) is 20.2 Å². The van der Waals surface area contributed by atoms with Crippen molar-refractivity contribution in [1.29, 1.82) is 0 Å². The van der Waals surface area contributed by atoms with E-state index in [9.17, 15) is 22.4 Å². The number of aromatic nitrogens is 4. The van der Waals surface area contributed by atoms with Gasteiger partial charge in [0, 0.05) is 30.6 Å². The molecule has 4 atom stereocenters. The number of nitrogens with one attached hydrogen (secondary N) is 1. The van der Waals surface area contributed by atoms with E-state index in [1.165, 1.54) is 25.3 Å². The Balaban J connectivity index is 1.38. The van der Waals surface area contributed by atoms with Gasteiger partial charge in [-0.1, -0.05) is 12.1 Å². The van der Waals surface area contributed by atoms with Crippen LogP contribution in [0, 0.1) is 11.7 Å². The van der Waals surface area contributed by atoms with Gasteiger partial charge in [0.05, 0.1) is 18.8 Å². The third-order valence-electron chi connectivity index (χ3n) is 7.99. The summed E-state index contributed by atoms with van der Waals surface area (Å²) in [4.78, 5) is 14.1. The molecule has 0 radical (unpaired) electrons. The van der Waals surface area contributed by atoms with Gasteiger partial charge in [0.25, 0.3) is 5.82 Å². The van der Waals surface area contributed by atoms with Crippen molar-refractivity contribution in [2.24, 2.45) is 11.7 Å². The summed E-state index contributed by atoms with van der Waals surface area (Å²) in [6.07, 6.45) is -1.34. The molecule has 3 N–H and O–H groups in total. The molecule has 3 aromatic rings. The Morgan fingerprint density at radius 3 is 2.62 bits per heavy atom. The summed E-state index contributed by atoms with van der Waals surface area (Å²) in [6, 6.07) is 10.8. The molecule has 2 aliphatic rings. The van der Waals surface area contributed by atoms with Crippen molar-refractivity contribution in [3.05, 3.63) is 65.2 Å². The number of rotatable bonds is 9. The number of hydrogen-bond donors (Lipinski definition) is 2. The molecule has 1 saturated heterocycles. The van der Waals surface area contributed by atoms with Gasteiger partial charge in [0.15, 0.2) is 0 Å². The fraction of sp³-hybridized carbons (Fsp3) is 0.481. The van der Waals surface area contributed by atoms with Gasteiger partial charge in [-0.25, -0.2) is 4.39 Å². The summed E-state index contributed by atoms with van der Waals surface area (Å²) < 4.78 is 60.1. The molecule has 0 bridgehead atoms. The zero-order valence-corrected chi connectivity index (χ0v) is 21.9. The molecule has 3 unspecified atom stereocenters. The molecule has 1 amide bonds. The molecule has 9 nitrogen and oxygen atoms in total. The number of amides is 1. The third-order valence-corrected chi connectivity index (χ3v) is 7.99. The van der Waals surface area contributed by atoms with E-state index in [1.807, 2.05) is 0 Å². The van der Waals surface area contributed by atoms with E-state index in [4.69, 9.17) is 10.5 Å². The van der Waals surface area contributed by atoms with Crippen LogP contribution < -0.4 is 15.8 Å². The molecule has 0 spiro atoms. The summed E-state index contributed by atoms with van der Waals surface area (Å²) in [5.41, 5.74) is 7.43. The first-order chi connectivity index (χ1) is 19.2. The van der Waals surface area contributed by atoms with E-state index in [-0.39, 0.29) is 41.3 Å². The highest BCUT2D eigenvalue weighted by Gasteiger charge is 2.41. The predicted molar refractivity (Wildman–Crippen MR) is 137 cm³/mol. The maximum atomic E-state index is 13.8. The van der Waals surface area contributed by atoms with Crippen LogP contribution in [-0.4, -0.2) is 63.3 Å². The maximum Gasteiger partial charge on any atom is 0.453 e. The lowest BCUT2D eigenvalue weighted by Crippen LogP contribution is -2.43. The molecule has 214 valence electrons. The van der Waals surface area contributed by atoms with Gasteiger partial charge in [-0.15, -0.1) is 5.10 Å². The molecule has 2 heterocycles. The van der Waals surface area contributed by atoms with Gasteiger partial charge in [0.1, 0.15) is 11.6 Å². The smallest absolute Gasteiger partial charge is 0.453 e. The molecule has 2 fully saturated rings. The number of nitrogens with two attached hydrogens (primary N) is 1. The standard InChI is InChI=1S/C27H31F4N7O2/c1-40-23-11-9-20(38-26(27(29,30)31)34-35-36-38)13-18(23)14-33-21-10-6-17(15-37-12-2-3-22(37)25(32)39)24(21)16-4-7-19(28)8-5-16/h4-5,7-9,11,13,17,21-22,24,33H,2-3,6,10,12,14-15H2,1H3,(H2,32,39)/t17?,21?,22-,24?/m0/s1. The van der Waals surface area contributed by atoms with Crippen LogP contribution in [0.5, 0.6) is 5.75 Å². The number of methoxy groups -OCH3 is 1. The molecular weight excluding hydrogens is 530 g/mol. The van der Waals surface area contributed by atoms with Crippen LogP contribution >= 0.6 is 0 Å². The number of carbonyl (C=O) groups is 1. The topological polar surface area (TPSA) is 111 Å². The van der Waals surface area contributed by atoms with Gasteiger partial charge in [-0.3, -0.25) is 9.69 Å². The van der Waals surface area contributed by atoms with Crippen molar-refractivity contribution < 1.29 is 27.1 Å². The Morgan fingerprint density at radius 1 is 1.15 bits per heavy atom. The second-order valence-electron chi connectivity index (χ2n) is 10.4. The maximum absolute atomic E-state index is 13.8. The van der Waals surface area contributed by atoms with Crippen molar-refractivity contribution in [3.8, 4) is 11.4 Å². The summed E-state index contributed by atoms with van der Waals surface area (Å²) >= 11 is 0. The number of carbonyl (C=O) groups excluding carboxylic acids is 1. The lowest BCUT2D eigenvalue weighted by molar-refractivity contribution is -0.146. The van der Waals surface area contributed by atoms with Crippen LogP contribution in [0.15, 0.2) is 42.5 Å². The Morgan fingerprint density at radius 2 is 1.93 bits per heavy atom.